The first kappa shape index (κ1) is 23.1. The van der Waals surface area contributed by atoms with Gasteiger partial charge in [0.25, 0.3) is 0 Å². The maximum Gasteiger partial charge on any atom is 0.168 e. The summed E-state index contributed by atoms with van der Waals surface area (Å²) in [5, 5.41) is 4.41. The summed E-state index contributed by atoms with van der Waals surface area (Å²) in [6.07, 6.45) is 4.63. The van der Waals surface area contributed by atoms with Crippen molar-refractivity contribution in [2.45, 2.75) is 25.7 Å². The third kappa shape index (κ3) is 6.02. The van der Waals surface area contributed by atoms with Gasteiger partial charge in [0.2, 0.25) is 0 Å². The van der Waals surface area contributed by atoms with Crippen LogP contribution in [0, 0.1) is 0 Å². The van der Waals surface area contributed by atoms with E-state index in [-0.39, 0.29) is 0 Å². The van der Waals surface area contributed by atoms with Crippen LogP contribution in [0.4, 0.5) is 0 Å². The second-order valence-corrected chi connectivity index (χ2v) is 8.73. The molecule has 0 atom stereocenters. The zero-order valence-corrected chi connectivity index (χ0v) is 20.1. The molecule has 3 aromatic carbocycles. The number of benzene rings is 3. The topological polar surface area (TPSA) is 24.5 Å². The molecule has 3 nitrogen and oxygen atoms in total. The first-order valence-electron chi connectivity index (χ1n) is 11.8. The molecule has 1 saturated heterocycles. The summed E-state index contributed by atoms with van der Waals surface area (Å²) in [6, 6.07) is 29.7. The van der Waals surface area contributed by atoms with Crippen LogP contribution in [0.3, 0.4) is 0 Å². The number of nitrogens with zero attached hydrogens (tertiary/aromatic N) is 1. The minimum Gasteiger partial charge on any atom is -0.497 e. The average molecular weight is 457 g/mol. The molecular weight excluding hydrogens is 424 g/mol. The molecule has 1 aliphatic heterocycles. The smallest absolute Gasteiger partial charge is 0.168 e. The minimum absolute atomic E-state index is 0.798. The Morgan fingerprint density at radius 3 is 1.97 bits per heavy atom. The quantitative estimate of drug-likeness (QED) is 0.328. The van der Waals surface area contributed by atoms with Crippen molar-refractivity contribution < 1.29 is 4.74 Å². The first-order valence-corrected chi connectivity index (χ1v) is 12.2. The predicted octanol–water partition coefficient (Wildman–Crippen LogP) is 6.40. The molecular formula is C29H32N2OS. The van der Waals surface area contributed by atoms with Crippen LogP contribution in [0.1, 0.15) is 42.4 Å². The van der Waals surface area contributed by atoms with E-state index in [1.165, 1.54) is 47.1 Å². The summed E-state index contributed by atoms with van der Waals surface area (Å²) in [5.74, 6) is 0.862. The zero-order chi connectivity index (χ0) is 22.9. The van der Waals surface area contributed by atoms with E-state index in [1.54, 1.807) is 7.11 Å². The SMILES string of the molecule is COc1ccc(/C(=C(/CCNC(=S)N2CCCCC2)c2ccccc2)c2ccccc2)cc1. The van der Waals surface area contributed by atoms with Crippen LogP contribution in [0.2, 0.25) is 0 Å². The average Bonchev–Trinajstić information content (AvgIpc) is 2.90. The zero-order valence-electron chi connectivity index (χ0n) is 19.3. The molecule has 1 heterocycles. The predicted molar refractivity (Wildman–Crippen MR) is 142 cm³/mol. The Labute approximate surface area is 203 Å². The molecule has 0 unspecified atom stereocenters. The molecule has 1 N–H and O–H groups in total. The standard InChI is InChI=1S/C29H32N2OS/c1-32-26-17-15-25(16-18-26)28(24-13-7-3-8-14-24)27(23-11-5-2-6-12-23)19-20-30-29(33)31-21-9-4-10-22-31/h2-3,5-8,11-18H,4,9-10,19-22H2,1H3,(H,30,33)/b28-27-. The lowest BCUT2D eigenvalue weighted by Gasteiger charge is -2.29. The summed E-state index contributed by atoms with van der Waals surface area (Å²) in [6.45, 7) is 2.93. The fraction of sp³-hybridized carbons (Fsp3) is 0.276. The Balaban J connectivity index is 1.69. The van der Waals surface area contributed by atoms with Gasteiger partial charge < -0.3 is 15.0 Å². The van der Waals surface area contributed by atoms with Crippen LogP contribution in [0.15, 0.2) is 84.9 Å². The van der Waals surface area contributed by atoms with Crippen LogP contribution in [0.5, 0.6) is 5.75 Å². The number of nitrogens with one attached hydrogen (secondary N) is 1. The number of methoxy groups -OCH3 is 1. The lowest BCUT2D eigenvalue weighted by atomic mass is 9.88. The molecule has 4 rings (SSSR count). The number of hydrogen-bond donors (Lipinski definition) is 1. The van der Waals surface area contributed by atoms with E-state index in [2.05, 4.69) is 83.0 Å². The molecule has 3 aromatic rings. The Morgan fingerprint density at radius 1 is 0.788 bits per heavy atom. The largest absolute Gasteiger partial charge is 0.497 e. The highest BCUT2D eigenvalue weighted by molar-refractivity contribution is 7.80. The Bertz CT molecular complexity index is 1060. The number of thiocarbonyl (C=S) groups is 1. The molecule has 1 aliphatic rings. The van der Waals surface area contributed by atoms with E-state index >= 15 is 0 Å². The van der Waals surface area contributed by atoms with E-state index in [4.69, 9.17) is 17.0 Å². The van der Waals surface area contributed by atoms with Crippen LogP contribution in [-0.2, 0) is 0 Å². The fourth-order valence-electron chi connectivity index (χ4n) is 4.43. The summed E-state index contributed by atoms with van der Waals surface area (Å²) in [5.41, 5.74) is 6.17. The van der Waals surface area contributed by atoms with Crippen molar-refractivity contribution in [3.8, 4) is 5.75 Å². The highest BCUT2D eigenvalue weighted by Gasteiger charge is 2.16. The number of hydrogen-bond acceptors (Lipinski definition) is 2. The van der Waals surface area contributed by atoms with Crippen molar-refractivity contribution in [2.24, 2.45) is 0 Å². The van der Waals surface area contributed by atoms with Crippen LogP contribution in [0.25, 0.3) is 11.1 Å². The van der Waals surface area contributed by atoms with Crippen molar-refractivity contribution in [3.63, 3.8) is 0 Å². The van der Waals surface area contributed by atoms with E-state index in [1.807, 2.05) is 12.1 Å². The summed E-state index contributed by atoms with van der Waals surface area (Å²) in [7, 11) is 1.70. The maximum absolute atomic E-state index is 5.71. The van der Waals surface area contributed by atoms with Gasteiger partial charge in [-0.3, -0.25) is 0 Å². The van der Waals surface area contributed by atoms with Gasteiger partial charge in [0, 0.05) is 19.6 Å². The van der Waals surface area contributed by atoms with Crippen LogP contribution < -0.4 is 10.1 Å². The molecule has 0 aromatic heterocycles. The first-order chi connectivity index (χ1) is 16.3. The third-order valence-electron chi connectivity index (χ3n) is 6.16. The van der Waals surface area contributed by atoms with Crippen molar-refractivity contribution >= 4 is 28.5 Å². The summed E-state index contributed by atoms with van der Waals surface area (Å²) in [4.78, 5) is 2.31. The van der Waals surface area contributed by atoms with Gasteiger partial charge in [-0.2, -0.15) is 0 Å². The molecule has 0 radical (unpaired) electrons. The fourth-order valence-corrected chi connectivity index (χ4v) is 4.72. The molecule has 0 spiro atoms. The van der Waals surface area contributed by atoms with Crippen molar-refractivity contribution in [3.05, 3.63) is 102 Å². The Kier molecular flexibility index (Phi) is 8.15. The second-order valence-electron chi connectivity index (χ2n) is 8.34. The van der Waals surface area contributed by atoms with Crippen molar-refractivity contribution in [1.82, 2.24) is 10.2 Å². The monoisotopic (exact) mass is 456 g/mol. The molecule has 33 heavy (non-hydrogen) atoms. The maximum atomic E-state index is 5.71. The van der Waals surface area contributed by atoms with Gasteiger partial charge in [0.15, 0.2) is 5.11 Å². The second kappa shape index (κ2) is 11.7. The number of piperidine rings is 1. The lowest BCUT2D eigenvalue weighted by Crippen LogP contribution is -2.42. The normalized spacial score (nSPS) is 14.4. The van der Waals surface area contributed by atoms with Gasteiger partial charge in [0.1, 0.15) is 5.75 Å². The van der Waals surface area contributed by atoms with Gasteiger partial charge >= 0.3 is 0 Å². The molecule has 0 saturated carbocycles. The van der Waals surface area contributed by atoms with Gasteiger partial charge in [-0.05, 0) is 77.9 Å². The molecule has 1 fully saturated rings. The summed E-state index contributed by atoms with van der Waals surface area (Å²) < 4.78 is 5.40. The highest BCUT2D eigenvalue weighted by atomic mass is 32.1. The Hall–Kier alpha value is -3.11. The van der Waals surface area contributed by atoms with Crippen molar-refractivity contribution in [2.75, 3.05) is 26.7 Å². The highest BCUT2D eigenvalue weighted by Crippen LogP contribution is 2.35. The van der Waals surface area contributed by atoms with Crippen molar-refractivity contribution in [1.29, 1.82) is 0 Å². The van der Waals surface area contributed by atoms with Gasteiger partial charge in [-0.25, -0.2) is 0 Å². The summed E-state index contributed by atoms with van der Waals surface area (Å²) >= 11 is 5.71. The number of likely N-dealkylation sites (tertiary alicyclic amines) is 1. The third-order valence-corrected chi connectivity index (χ3v) is 6.56. The van der Waals surface area contributed by atoms with Crippen LogP contribution >= 0.6 is 12.2 Å². The Morgan fingerprint density at radius 2 is 1.36 bits per heavy atom. The van der Waals surface area contributed by atoms with Gasteiger partial charge in [-0.15, -0.1) is 0 Å². The van der Waals surface area contributed by atoms with E-state index in [9.17, 15) is 0 Å². The minimum atomic E-state index is 0.798. The van der Waals surface area contributed by atoms with Gasteiger partial charge in [-0.1, -0.05) is 72.8 Å². The van der Waals surface area contributed by atoms with E-state index in [0.717, 1.165) is 36.9 Å². The molecule has 0 amide bonds. The number of rotatable bonds is 7. The van der Waals surface area contributed by atoms with E-state index in [0.29, 0.717) is 0 Å². The lowest BCUT2D eigenvalue weighted by molar-refractivity contribution is 0.338. The molecule has 4 heteroatoms. The van der Waals surface area contributed by atoms with E-state index < -0.39 is 0 Å². The molecule has 0 aliphatic carbocycles. The number of ether oxygens (including phenoxy) is 1. The van der Waals surface area contributed by atoms with Gasteiger partial charge in [0.05, 0.1) is 7.11 Å². The molecule has 0 bridgehead atoms. The van der Waals surface area contributed by atoms with Crippen LogP contribution in [-0.4, -0.2) is 36.8 Å². The molecule has 170 valence electrons.